The van der Waals surface area contributed by atoms with Crippen LogP contribution in [0.2, 0.25) is 0 Å². The zero-order valence-electron chi connectivity index (χ0n) is 11.3. The summed E-state index contributed by atoms with van der Waals surface area (Å²) >= 11 is 0. The Bertz CT molecular complexity index is 403. The van der Waals surface area contributed by atoms with Crippen LogP contribution in [0.4, 0.5) is 5.69 Å². The molecule has 2 nitrogen and oxygen atoms in total. The first-order valence-corrected chi connectivity index (χ1v) is 7.39. The van der Waals surface area contributed by atoms with E-state index in [4.69, 9.17) is 5.73 Å². The minimum Gasteiger partial charge on any atom is -0.371 e. The molecule has 2 N–H and O–H groups in total. The number of nitrogens with two attached hydrogens (primary N) is 1. The van der Waals surface area contributed by atoms with Gasteiger partial charge in [-0.2, -0.15) is 0 Å². The number of nitrogens with zero attached hydrogens (tertiary/aromatic N) is 1. The van der Waals surface area contributed by atoms with Crippen LogP contribution in [0.15, 0.2) is 24.3 Å². The maximum atomic E-state index is 6.25. The summed E-state index contributed by atoms with van der Waals surface area (Å²) in [6.07, 6.45) is 5.32. The average Bonchev–Trinajstić information content (AvgIpc) is 2.98. The summed E-state index contributed by atoms with van der Waals surface area (Å²) in [5.41, 5.74) is 8.98. The molecule has 0 radical (unpaired) electrons. The van der Waals surface area contributed by atoms with Crippen LogP contribution in [0.3, 0.4) is 0 Å². The van der Waals surface area contributed by atoms with E-state index in [9.17, 15) is 0 Å². The van der Waals surface area contributed by atoms with Crippen molar-refractivity contribution in [2.75, 3.05) is 18.0 Å². The zero-order valence-corrected chi connectivity index (χ0v) is 11.3. The van der Waals surface area contributed by atoms with Gasteiger partial charge in [0.1, 0.15) is 0 Å². The normalized spacial score (nSPS) is 28.4. The first kappa shape index (κ1) is 12.0. The molecule has 18 heavy (non-hydrogen) atoms. The molecule has 98 valence electrons. The fourth-order valence-electron chi connectivity index (χ4n) is 3.74. The summed E-state index contributed by atoms with van der Waals surface area (Å²) in [6.45, 7) is 4.66. The quantitative estimate of drug-likeness (QED) is 0.883. The predicted octanol–water partition coefficient (Wildman–Crippen LogP) is 3.33. The highest BCUT2D eigenvalue weighted by molar-refractivity contribution is 5.56. The third-order valence-electron chi connectivity index (χ3n) is 4.84. The van der Waals surface area contributed by atoms with Gasteiger partial charge in [0, 0.05) is 24.8 Å². The summed E-state index contributed by atoms with van der Waals surface area (Å²) in [4.78, 5) is 2.58. The van der Waals surface area contributed by atoms with Gasteiger partial charge in [0.05, 0.1) is 0 Å². The van der Waals surface area contributed by atoms with Gasteiger partial charge >= 0.3 is 0 Å². The molecule has 1 saturated carbocycles. The molecule has 1 aliphatic carbocycles. The predicted molar refractivity (Wildman–Crippen MR) is 76.7 cm³/mol. The molecule has 2 aliphatic rings. The van der Waals surface area contributed by atoms with Crippen LogP contribution in [-0.2, 0) is 0 Å². The van der Waals surface area contributed by atoms with E-state index < -0.39 is 0 Å². The van der Waals surface area contributed by atoms with Crippen molar-refractivity contribution in [2.24, 2.45) is 17.6 Å². The van der Waals surface area contributed by atoms with Gasteiger partial charge in [-0.1, -0.05) is 31.5 Å². The van der Waals surface area contributed by atoms with Crippen LogP contribution in [0.5, 0.6) is 0 Å². The van der Waals surface area contributed by atoms with E-state index in [1.165, 1.54) is 43.6 Å². The molecule has 0 amide bonds. The number of fused-ring (bicyclic) bond motifs is 1. The van der Waals surface area contributed by atoms with Crippen molar-refractivity contribution in [3.63, 3.8) is 0 Å². The molecule has 1 heterocycles. The Morgan fingerprint density at radius 1 is 1.22 bits per heavy atom. The number of rotatable bonds is 3. The maximum Gasteiger partial charge on any atom is 0.0414 e. The Kier molecular flexibility index (Phi) is 3.29. The molecule has 1 aliphatic heterocycles. The number of para-hydroxylation sites is 1. The molecule has 2 fully saturated rings. The molecular weight excluding hydrogens is 220 g/mol. The molecule has 3 rings (SSSR count). The van der Waals surface area contributed by atoms with Crippen LogP contribution in [0.1, 0.15) is 44.2 Å². The Hall–Kier alpha value is -1.02. The minimum absolute atomic E-state index is 0.182. The fourth-order valence-corrected chi connectivity index (χ4v) is 3.74. The summed E-state index contributed by atoms with van der Waals surface area (Å²) in [7, 11) is 0. The maximum absolute atomic E-state index is 6.25. The van der Waals surface area contributed by atoms with E-state index in [1.54, 1.807) is 0 Å². The monoisotopic (exact) mass is 244 g/mol. The average molecular weight is 244 g/mol. The van der Waals surface area contributed by atoms with E-state index in [2.05, 4.69) is 36.1 Å². The van der Waals surface area contributed by atoms with Crippen molar-refractivity contribution in [1.82, 2.24) is 0 Å². The number of hydrogen-bond acceptors (Lipinski definition) is 2. The SMILES string of the molecule is CCC(N)c1ccccc1N1CC2CCCC2C1. The van der Waals surface area contributed by atoms with E-state index in [0.717, 1.165) is 18.3 Å². The Balaban J connectivity index is 1.84. The topological polar surface area (TPSA) is 29.3 Å². The number of anilines is 1. The number of benzene rings is 1. The second kappa shape index (κ2) is 4.93. The first-order valence-electron chi connectivity index (χ1n) is 7.39. The largest absolute Gasteiger partial charge is 0.371 e. The molecule has 0 aromatic heterocycles. The van der Waals surface area contributed by atoms with Crippen LogP contribution in [-0.4, -0.2) is 13.1 Å². The van der Waals surface area contributed by atoms with Crippen molar-refractivity contribution in [3.8, 4) is 0 Å². The highest BCUT2D eigenvalue weighted by Crippen LogP contribution is 2.41. The minimum atomic E-state index is 0.182. The second-order valence-electron chi connectivity index (χ2n) is 5.93. The van der Waals surface area contributed by atoms with Gasteiger partial charge in [0.25, 0.3) is 0 Å². The van der Waals surface area contributed by atoms with Crippen molar-refractivity contribution < 1.29 is 0 Å². The van der Waals surface area contributed by atoms with E-state index in [1.807, 2.05) is 0 Å². The summed E-state index contributed by atoms with van der Waals surface area (Å²) in [5.74, 6) is 1.88. The Labute approximate surface area is 110 Å². The van der Waals surface area contributed by atoms with Crippen LogP contribution in [0, 0.1) is 11.8 Å². The highest BCUT2D eigenvalue weighted by Gasteiger charge is 2.36. The van der Waals surface area contributed by atoms with Crippen LogP contribution in [0.25, 0.3) is 0 Å². The van der Waals surface area contributed by atoms with Crippen LogP contribution < -0.4 is 10.6 Å². The lowest BCUT2D eigenvalue weighted by Gasteiger charge is -2.25. The van der Waals surface area contributed by atoms with Gasteiger partial charge in [-0.25, -0.2) is 0 Å². The van der Waals surface area contributed by atoms with Crippen molar-refractivity contribution in [1.29, 1.82) is 0 Å². The zero-order chi connectivity index (χ0) is 12.5. The Morgan fingerprint density at radius 2 is 1.89 bits per heavy atom. The summed E-state index contributed by atoms with van der Waals surface area (Å²) < 4.78 is 0. The number of hydrogen-bond donors (Lipinski definition) is 1. The molecule has 3 atom stereocenters. The van der Waals surface area contributed by atoms with Gasteiger partial charge in [-0.05, 0) is 42.7 Å². The standard InChI is InChI=1S/C16H24N2/c1-2-15(17)14-8-3-4-9-16(14)18-10-12-6-5-7-13(12)11-18/h3-4,8-9,12-13,15H,2,5-7,10-11,17H2,1H3. The van der Waals surface area contributed by atoms with Crippen molar-refractivity contribution in [3.05, 3.63) is 29.8 Å². The Morgan fingerprint density at radius 3 is 2.56 bits per heavy atom. The molecule has 3 unspecified atom stereocenters. The van der Waals surface area contributed by atoms with E-state index >= 15 is 0 Å². The van der Waals surface area contributed by atoms with Crippen molar-refractivity contribution >= 4 is 5.69 Å². The molecule has 1 aromatic rings. The second-order valence-corrected chi connectivity index (χ2v) is 5.93. The van der Waals surface area contributed by atoms with Crippen LogP contribution >= 0.6 is 0 Å². The van der Waals surface area contributed by atoms with E-state index in [-0.39, 0.29) is 6.04 Å². The lowest BCUT2D eigenvalue weighted by molar-refractivity contribution is 0.494. The summed E-state index contributed by atoms with van der Waals surface area (Å²) in [5, 5.41) is 0. The van der Waals surface area contributed by atoms with Gasteiger partial charge in [-0.3, -0.25) is 0 Å². The summed E-state index contributed by atoms with van der Waals surface area (Å²) in [6, 6.07) is 8.91. The lowest BCUT2D eigenvalue weighted by Crippen LogP contribution is -2.24. The van der Waals surface area contributed by atoms with Gasteiger partial charge in [0.2, 0.25) is 0 Å². The molecule has 1 aromatic carbocycles. The smallest absolute Gasteiger partial charge is 0.0414 e. The third-order valence-corrected chi connectivity index (χ3v) is 4.84. The molecule has 0 spiro atoms. The fraction of sp³-hybridized carbons (Fsp3) is 0.625. The molecule has 0 bridgehead atoms. The molecular formula is C16H24N2. The van der Waals surface area contributed by atoms with Gasteiger partial charge in [0.15, 0.2) is 0 Å². The van der Waals surface area contributed by atoms with Crippen molar-refractivity contribution in [2.45, 2.75) is 38.6 Å². The van der Waals surface area contributed by atoms with Gasteiger partial charge < -0.3 is 10.6 Å². The van der Waals surface area contributed by atoms with Gasteiger partial charge in [-0.15, -0.1) is 0 Å². The molecule has 2 heteroatoms. The molecule has 1 saturated heterocycles. The first-order chi connectivity index (χ1) is 8.79. The third kappa shape index (κ3) is 2.03. The lowest BCUT2D eigenvalue weighted by atomic mass is 10.0. The van der Waals surface area contributed by atoms with E-state index in [0.29, 0.717) is 0 Å². The highest BCUT2D eigenvalue weighted by atomic mass is 15.2.